The topological polar surface area (TPSA) is 23.6 Å². The highest BCUT2D eigenvalue weighted by Gasteiger charge is 2.29. The van der Waals surface area contributed by atoms with Crippen LogP contribution in [-0.2, 0) is 4.79 Å². The van der Waals surface area contributed by atoms with Crippen molar-refractivity contribution in [1.29, 1.82) is 0 Å². The molecule has 0 aromatic carbocycles. The molecule has 2 rings (SSSR count). The van der Waals surface area contributed by atoms with Crippen LogP contribution in [-0.4, -0.2) is 48.4 Å². The minimum absolute atomic E-state index is 0.311. The summed E-state index contributed by atoms with van der Waals surface area (Å²) in [6, 6.07) is 0. The van der Waals surface area contributed by atoms with Crippen molar-refractivity contribution < 1.29 is 4.79 Å². The molecule has 0 unspecified atom stereocenters. The Kier molecular flexibility index (Phi) is 4.43. The normalized spacial score (nSPS) is 25.2. The second kappa shape index (κ2) is 5.85. The van der Waals surface area contributed by atoms with Crippen LogP contribution < -0.4 is 0 Å². The van der Waals surface area contributed by atoms with Crippen LogP contribution in [0.5, 0.6) is 0 Å². The first-order chi connectivity index (χ1) is 8.20. The van der Waals surface area contributed by atoms with Crippen LogP contribution in [0.3, 0.4) is 0 Å². The smallest absolute Gasteiger partial charge is 0.225 e. The van der Waals surface area contributed by atoms with Gasteiger partial charge in [-0.15, -0.1) is 0 Å². The number of nitrogens with zero attached hydrogens (tertiary/aromatic N) is 2. The van der Waals surface area contributed by atoms with Crippen molar-refractivity contribution in [3.8, 4) is 0 Å². The van der Waals surface area contributed by atoms with E-state index in [2.05, 4.69) is 23.6 Å². The van der Waals surface area contributed by atoms with Gasteiger partial charge in [0, 0.05) is 19.0 Å². The van der Waals surface area contributed by atoms with Gasteiger partial charge >= 0.3 is 0 Å². The molecule has 2 aliphatic rings. The lowest BCUT2D eigenvalue weighted by molar-refractivity contribution is -0.138. The van der Waals surface area contributed by atoms with Crippen LogP contribution in [0.1, 0.15) is 39.5 Å². The van der Waals surface area contributed by atoms with Gasteiger partial charge in [0.1, 0.15) is 0 Å². The molecule has 1 amide bonds. The maximum absolute atomic E-state index is 12.4. The van der Waals surface area contributed by atoms with E-state index in [9.17, 15) is 4.79 Å². The molecule has 2 fully saturated rings. The molecule has 0 radical (unpaired) electrons. The molecule has 0 saturated carbocycles. The Morgan fingerprint density at radius 2 is 1.65 bits per heavy atom. The van der Waals surface area contributed by atoms with E-state index in [4.69, 9.17) is 0 Å². The van der Waals surface area contributed by atoms with Gasteiger partial charge in [-0.3, -0.25) is 4.79 Å². The molecule has 2 aliphatic heterocycles. The summed E-state index contributed by atoms with van der Waals surface area (Å²) >= 11 is 0. The predicted molar refractivity (Wildman–Crippen MR) is 69.8 cm³/mol. The summed E-state index contributed by atoms with van der Waals surface area (Å²) in [4.78, 5) is 16.9. The molecule has 0 atom stereocenters. The summed E-state index contributed by atoms with van der Waals surface area (Å²) in [6.07, 6.45) is 4.52. The molecule has 98 valence electrons. The first-order valence-electron chi connectivity index (χ1n) is 7.21. The summed E-state index contributed by atoms with van der Waals surface area (Å²) in [7, 11) is 0. The highest BCUT2D eigenvalue weighted by Crippen LogP contribution is 2.23. The van der Waals surface area contributed by atoms with Gasteiger partial charge in [-0.25, -0.2) is 0 Å². The number of piperidine rings is 2. The predicted octanol–water partition coefficient (Wildman–Crippen LogP) is 1.98. The fraction of sp³-hybridized carbons (Fsp3) is 0.929. The lowest BCUT2D eigenvalue weighted by atomic mass is 9.93. The molecular formula is C14H26N2O. The molecule has 2 heterocycles. The fourth-order valence-electron chi connectivity index (χ4n) is 2.98. The number of amides is 1. The van der Waals surface area contributed by atoms with E-state index in [0.717, 1.165) is 51.5 Å². The highest BCUT2D eigenvalue weighted by atomic mass is 16.2. The zero-order valence-electron chi connectivity index (χ0n) is 11.3. The van der Waals surface area contributed by atoms with Crippen LogP contribution in [0.25, 0.3) is 0 Å². The zero-order valence-corrected chi connectivity index (χ0v) is 11.3. The third-order valence-electron chi connectivity index (χ3n) is 4.48. The first-order valence-corrected chi connectivity index (χ1v) is 7.21. The molecule has 17 heavy (non-hydrogen) atoms. The number of rotatable bonds is 2. The van der Waals surface area contributed by atoms with Gasteiger partial charge in [-0.1, -0.05) is 13.8 Å². The zero-order chi connectivity index (χ0) is 12.3. The minimum atomic E-state index is 0.311. The molecule has 2 saturated heterocycles. The first kappa shape index (κ1) is 12.9. The molecule has 0 aromatic heterocycles. The second-order valence-corrected chi connectivity index (χ2v) is 5.72. The Morgan fingerprint density at radius 1 is 1.06 bits per heavy atom. The average molecular weight is 238 g/mol. The standard InChI is InChI=1S/C14H26N2O/c1-3-15-8-6-13(7-9-15)14(17)16-10-4-12(2)5-11-16/h12-13H,3-11H2,1-2H3. The SMILES string of the molecule is CCN1CCC(C(=O)N2CCC(C)CC2)CC1. The summed E-state index contributed by atoms with van der Waals surface area (Å²) in [5.74, 6) is 1.56. The molecule has 0 aliphatic carbocycles. The van der Waals surface area contributed by atoms with Crippen molar-refractivity contribution in [2.75, 3.05) is 32.7 Å². The Balaban J connectivity index is 1.80. The van der Waals surface area contributed by atoms with Crippen molar-refractivity contribution in [2.24, 2.45) is 11.8 Å². The highest BCUT2D eigenvalue weighted by molar-refractivity contribution is 5.79. The Hall–Kier alpha value is -0.570. The summed E-state index contributed by atoms with van der Waals surface area (Å²) in [5, 5.41) is 0. The Morgan fingerprint density at radius 3 is 2.18 bits per heavy atom. The van der Waals surface area contributed by atoms with E-state index in [1.54, 1.807) is 0 Å². The molecule has 0 aromatic rings. The number of hydrogen-bond acceptors (Lipinski definition) is 2. The number of hydrogen-bond donors (Lipinski definition) is 0. The quantitative estimate of drug-likeness (QED) is 0.734. The van der Waals surface area contributed by atoms with Gasteiger partial charge in [0.2, 0.25) is 5.91 Å². The van der Waals surface area contributed by atoms with Gasteiger partial charge in [0.05, 0.1) is 0 Å². The van der Waals surface area contributed by atoms with Gasteiger partial charge in [0.25, 0.3) is 0 Å². The van der Waals surface area contributed by atoms with Crippen molar-refractivity contribution in [3.05, 3.63) is 0 Å². The van der Waals surface area contributed by atoms with Gasteiger partial charge in [-0.2, -0.15) is 0 Å². The second-order valence-electron chi connectivity index (χ2n) is 5.72. The molecule has 3 nitrogen and oxygen atoms in total. The van der Waals surface area contributed by atoms with E-state index in [0.29, 0.717) is 11.8 Å². The van der Waals surface area contributed by atoms with Gasteiger partial charge in [0.15, 0.2) is 0 Å². The minimum Gasteiger partial charge on any atom is -0.342 e. The van der Waals surface area contributed by atoms with E-state index in [1.165, 1.54) is 12.8 Å². The molecule has 0 N–H and O–H groups in total. The lowest BCUT2D eigenvalue weighted by Crippen LogP contribution is -2.45. The lowest BCUT2D eigenvalue weighted by Gasteiger charge is -2.36. The summed E-state index contributed by atoms with van der Waals surface area (Å²) in [6.45, 7) is 9.83. The van der Waals surface area contributed by atoms with Crippen molar-refractivity contribution in [2.45, 2.75) is 39.5 Å². The Labute approximate surface area is 105 Å². The van der Waals surface area contributed by atoms with E-state index in [1.807, 2.05) is 0 Å². The number of carbonyl (C=O) groups is 1. The van der Waals surface area contributed by atoms with Crippen molar-refractivity contribution in [1.82, 2.24) is 9.80 Å². The summed E-state index contributed by atoms with van der Waals surface area (Å²) < 4.78 is 0. The van der Waals surface area contributed by atoms with Crippen molar-refractivity contribution >= 4 is 5.91 Å². The summed E-state index contributed by atoms with van der Waals surface area (Å²) in [5.41, 5.74) is 0. The van der Waals surface area contributed by atoms with Gasteiger partial charge in [-0.05, 0) is 51.2 Å². The average Bonchev–Trinajstić information content (AvgIpc) is 2.39. The maximum Gasteiger partial charge on any atom is 0.225 e. The molecular weight excluding hydrogens is 212 g/mol. The van der Waals surface area contributed by atoms with E-state index < -0.39 is 0 Å². The molecule has 0 bridgehead atoms. The van der Waals surface area contributed by atoms with Crippen LogP contribution in [0, 0.1) is 11.8 Å². The van der Waals surface area contributed by atoms with E-state index >= 15 is 0 Å². The third-order valence-corrected chi connectivity index (χ3v) is 4.48. The van der Waals surface area contributed by atoms with Crippen LogP contribution in [0.2, 0.25) is 0 Å². The van der Waals surface area contributed by atoms with Crippen LogP contribution >= 0.6 is 0 Å². The molecule has 0 spiro atoms. The third kappa shape index (κ3) is 3.21. The maximum atomic E-state index is 12.4. The number of carbonyl (C=O) groups excluding carboxylic acids is 1. The van der Waals surface area contributed by atoms with Crippen LogP contribution in [0.15, 0.2) is 0 Å². The monoisotopic (exact) mass is 238 g/mol. The van der Waals surface area contributed by atoms with E-state index in [-0.39, 0.29) is 0 Å². The molecule has 3 heteroatoms. The largest absolute Gasteiger partial charge is 0.342 e. The Bertz CT molecular complexity index is 251. The van der Waals surface area contributed by atoms with Crippen molar-refractivity contribution in [3.63, 3.8) is 0 Å². The van der Waals surface area contributed by atoms with Gasteiger partial charge < -0.3 is 9.80 Å². The number of likely N-dealkylation sites (tertiary alicyclic amines) is 2. The van der Waals surface area contributed by atoms with Crippen LogP contribution in [0.4, 0.5) is 0 Å². The fourth-order valence-corrected chi connectivity index (χ4v) is 2.98.